The Kier molecular flexibility index (Phi) is 61.1. The van der Waals surface area contributed by atoms with Crippen LogP contribution < -0.4 is 0 Å². The summed E-state index contributed by atoms with van der Waals surface area (Å²) in [4.78, 5) is 72.2. The molecule has 0 fully saturated rings. The first kappa shape index (κ1) is 86.1. The van der Waals surface area contributed by atoms with Crippen LogP contribution in [-0.2, 0) is 65.4 Å². The second-order valence-electron chi connectivity index (χ2n) is 25.4. The van der Waals surface area contributed by atoms with Crippen LogP contribution >= 0.6 is 15.6 Å². The highest BCUT2D eigenvalue weighted by Crippen LogP contribution is 2.45. The number of ether oxygens (including phenoxy) is 4. The molecule has 0 aromatic rings. The third-order valence-corrected chi connectivity index (χ3v) is 17.9. The van der Waals surface area contributed by atoms with Gasteiger partial charge in [-0.3, -0.25) is 37.3 Å². The van der Waals surface area contributed by atoms with Crippen molar-refractivity contribution < 1.29 is 80.2 Å². The quantitative estimate of drug-likeness (QED) is 0.0222. The van der Waals surface area contributed by atoms with Gasteiger partial charge in [0.05, 0.1) is 26.4 Å². The number of aliphatic hydroxyl groups is 1. The molecule has 0 rings (SSSR count). The van der Waals surface area contributed by atoms with Crippen molar-refractivity contribution in [2.75, 3.05) is 39.6 Å². The van der Waals surface area contributed by atoms with Crippen LogP contribution in [0.4, 0.5) is 0 Å². The van der Waals surface area contributed by atoms with Gasteiger partial charge in [-0.1, -0.05) is 304 Å². The molecule has 0 saturated heterocycles. The minimum absolute atomic E-state index is 0.106. The molecule has 0 aliphatic rings. The molecule has 0 saturated carbocycles. The Morgan fingerprint density at radius 2 is 0.523 bits per heavy atom. The third-order valence-electron chi connectivity index (χ3n) is 16.0. The smallest absolute Gasteiger partial charge is 0.462 e. The molecule has 17 nitrogen and oxygen atoms in total. The van der Waals surface area contributed by atoms with Crippen molar-refractivity contribution in [3.05, 3.63) is 0 Å². The first-order chi connectivity index (χ1) is 42.5. The van der Waals surface area contributed by atoms with E-state index in [2.05, 4.69) is 34.6 Å². The first-order valence-corrected chi connectivity index (χ1v) is 39.1. The summed E-state index contributed by atoms with van der Waals surface area (Å²) in [6.07, 6.45) is 48.9. The van der Waals surface area contributed by atoms with Crippen LogP contribution in [0, 0.1) is 5.92 Å². The lowest BCUT2D eigenvalue weighted by Crippen LogP contribution is -2.30. The molecular formula is C69H134O17P2. The zero-order valence-corrected chi connectivity index (χ0v) is 58.6. The number of rotatable bonds is 69. The van der Waals surface area contributed by atoms with Crippen LogP contribution in [0.1, 0.15) is 356 Å². The number of hydrogen-bond donors (Lipinski definition) is 3. The fraction of sp³-hybridized carbons (Fsp3) is 0.942. The van der Waals surface area contributed by atoms with E-state index in [0.29, 0.717) is 25.7 Å². The Hall–Kier alpha value is -1.94. The Morgan fingerprint density at radius 3 is 0.773 bits per heavy atom. The van der Waals surface area contributed by atoms with Gasteiger partial charge >= 0.3 is 39.5 Å². The van der Waals surface area contributed by atoms with Crippen LogP contribution in [0.2, 0.25) is 0 Å². The Balaban J connectivity index is 5.15. The Morgan fingerprint density at radius 1 is 0.307 bits per heavy atom. The number of phosphoric acid groups is 2. The summed E-state index contributed by atoms with van der Waals surface area (Å²) in [5, 5.41) is 10.5. The monoisotopic (exact) mass is 1300 g/mol. The number of phosphoric ester groups is 2. The van der Waals surface area contributed by atoms with Gasteiger partial charge in [0.25, 0.3) is 0 Å². The summed E-state index contributed by atoms with van der Waals surface area (Å²) in [5.41, 5.74) is 0. The highest BCUT2D eigenvalue weighted by molar-refractivity contribution is 7.47. The van der Waals surface area contributed by atoms with Crippen LogP contribution in [-0.4, -0.2) is 96.7 Å². The lowest BCUT2D eigenvalue weighted by atomic mass is 10.0. The maximum atomic E-state index is 13.0. The topological polar surface area (TPSA) is 237 Å². The standard InChI is InChI=1S/C69H134O17P2/c1-6-9-12-15-17-19-21-22-27-31-34-38-43-48-53-67(72)80-59-65(86-69(74)55-50-45-40-36-32-28-25-23-24-26-30-33-37-42-46-51-62(4)5)61-84-88(77,78)82-57-63(70)56-81-87(75,76)83-60-64(58-79-66(71)52-47-41-14-11-8-3)85-68(73)54-49-44-39-35-29-20-18-16-13-10-7-2/h62-65,70H,6-61H2,1-5H3,(H,75,76)(H,77,78)/t63-,64+,65+/m0/s1. The lowest BCUT2D eigenvalue weighted by molar-refractivity contribution is -0.161. The molecule has 2 unspecified atom stereocenters. The fourth-order valence-corrected chi connectivity index (χ4v) is 12.0. The van der Waals surface area contributed by atoms with Gasteiger partial charge in [-0.05, 0) is 31.6 Å². The fourth-order valence-electron chi connectivity index (χ4n) is 10.5. The summed E-state index contributed by atoms with van der Waals surface area (Å²) >= 11 is 0. The van der Waals surface area contributed by atoms with E-state index in [1.807, 2.05) is 0 Å². The molecule has 5 atom stereocenters. The molecule has 0 heterocycles. The molecule has 0 spiro atoms. The third kappa shape index (κ3) is 62.8. The van der Waals surface area contributed by atoms with Crippen molar-refractivity contribution in [3.63, 3.8) is 0 Å². The van der Waals surface area contributed by atoms with E-state index >= 15 is 0 Å². The van der Waals surface area contributed by atoms with E-state index in [-0.39, 0.29) is 25.7 Å². The van der Waals surface area contributed by atoms with E-state index in [1.165, 1.54) is 173 Å². The minimum Gasteiger partial charge on any atom is -0.462 e. The van der Waals surface area contributed by atoms with Gasteiger partial charge in [-0.15, -0.1) is 0 Å². The summed E-state index contributed by atoms with van der Waals surface area (Å²) in [7, 11) is -9.89. The van der Waals surface area contributed by atoms with Crippen LogP contribution in [0.25, 0.3) is 0 Å². The van der Waals surface area contributed by atoms with Gasteiger partial charge in [0.1, 0.15) is 19.3 Å². The number of carbonyl (C=O) groups excluding carboxylic acids is 4. The summed E-state index contributed by atoms with van der Waals surface area (Å²) in [6, 6.07) is 0. The van der Waals surface area contributed by atoms with E-state index in [1.54, 1.807) is 0 Å². The average molecular weight is 1300 g/mol. The van der Waals surface area contributed by atoms with Crippen molar-refractivity contribution in [3.8, 4) is 0 Å². The zero-order valence-electron chi connectivity index (χ0n) is 56.9. The van der Waals surface area contributed by atoms with Crippen molar-refractivity contribution in [2.24, 2.45) is 5.92 Å². The van der Waals surface area contributed by atoms with Gasteiger partial charge in [0.2, 0.25) is 0 Å². The number of esters is 4. The number of hydrogen-bond acceptors (Lipinski definition) is 15. The highest BCUT2D eigenvalue weighted by Gasteiger charge is 2.30. The first-order valence-electron chi connectivity index (χ1n) is 36.1. The van der Waals surface area contributed by atoms with Crippen molar-refractivity contribution in [1.82, 2.24) is 0 Å². The molecular weight excluding hydrogens is 1160 g/mol. The maximum Gasteiger partial charge on any atom is 0.472 e. The van der Waals surface area contributed by atoms with Crippen molar-refractivity contribution in [1.29, 1.82) is 0 Å². The Bertz CT molecular complexity index is 1700. The van der Waals surface area contributed by atoms with Gasteiger partial charge < -0.3 is 33.8 Å². The molecule has 3 N–H and O–H groups in total. The molecule has 0 aliphatic heterocycles. The number of unbranched alkanes of at least 4 members (excludes halogenated alkanes) is 41. The second kappa shape index (κ2) is 62.5. The maximum absolute atomic E-state index is 13.0. The van der Waals surface area contributed by atoms with E-state index in [4.69, 9.17) is 37.0 Å². The van der Waals surface area contributed by atoms with E-state index in [9.17, 15) is 43.2 Å². The van der Waals surface area contributed by atoms with Crippen LogP contribution in [0.3, 0.4) is 0 Å². The van der Waals surface area contributed by atoms with Gasteiger partial charge in [-0.2, -0.15) is 0 Å². The molecule has 0 aliphatic carbocycles. The lowest BCUT2D eigenvalue weighted by Gasteiger charge is -2.21. The normalized spacial score (nSPS) is 14.1. The zero-order chi connectivity index (χ0) is 64.9. The average Bonchev–Trinajstić information content (AvgIpc) is 3.71. The molecule has 0 radical (unpaired) electrons. The minimum atomic E-state index is -4.95. The molecule has 0 amide bonds. The summed E-state index contributed by atoms with van der Waals surface area (Å²) < 4.78 is 68.0. The largest absolute Gasteiger partial charge is 0.472 e. The van der Waals surface area contributed by atoms with Gasteiger partial charge in [0, 0.05) is 25.7 Å². The number of carbonyl (C=O) groups is 4. The molecule has 88 heavy (non-hydrogen) atoms. The van der Waals surface area contributed by atoms with Gasteiger partial charge in [0.15, 0.2) is 12.2 Å². The van der Waals surface area contributed by atoms with Crippen molar-refractivity contribution in [2.45, 2.75) is 374 Å². The van der Waals surface area contributed by atoms with E-state index in [0.717, 1.165) is 102 Å². The molecule has 0 bridgehead atoms. The molecule has 19 heteroatoms. The van der Waals surface area contributed by atoms with Gasteiger partial charge in [-0.25, -0.2) is 9.13 Å². The van der Waals surface area contributed by atoms with Crippen LogP contribution in [0.5, 0.6) is 0 Å². The SMILES string of the molecule is CCCCCCCCCCCCCCCCC(=O)OC[C@H](COP(=O)(O)OC[C@@H](O)COP(=O)(O)OC[C@@H](COC(=O)CCCCCCC)OC(=O)CCCCCCCCCCCCC)OC(=O)CCCCCCCCCCCCCCCCCC(C)C. The summed E-state index contributed by atoms with van der Waals surface area (Å²) in [6.45, 7) is 7.18. The number of aliphatic hydroxyl groups excluding tert-OH is 1. The summed E-state index contributed by atoms with van der Waals surface area (Å²) in [5.74, 6) is -1.33. The van der Waals surface area contributed by atoms with Crippen LogP contribution in [0.15, 0.2) is 0 Å². The Labute approximate surface area is 537 Å². The molecule has 522 valence electrons. The second-order valence-corrected chi connectivity index (χ2v) is 28.3. The highest BCUT2D eigenvalue weighted by atomic mass is 31.2. The van der Waals surface area contributed by atoms with E-state index < -0.39 is 97.5 Å². The van der Waals surface area contributed by atoms with Crippen molar-refractivity contribution >= 4 is 39.5 Å². The predicted octanol–water partition coefficient (Wildman–Crippen LogP) is 19.7. The predicted molar refractivity (Wildman–Crippen MR) is 354 cm³/mol. The molecule has 0 aromatic carbocycles. The molecule has 0 aromatic heterocycles.